The first-order chi connectivity index (χ1) is 11.8. The minimum absolute atomic E-state index is 0. The lowest BCUT2D eigenvalue weighted by atomic mass is 9.72. The highest BCUT2D eigenvalue weighted by Gasteiger charge is 2.41. The van der Waals surface area contributed by atoms with Crippen LogP contribution in [0.25, 0.3) is 0 Å². The van der Waals surface area contributed by atoms with E-state index < -0.39 is 0 Å². The summed E-state index contributed by atoms with van der Waals surface area (Å²) in [6.45, 7) is 4.92. The fourth-order valence-corrected chi connectivity index (χ4v) is 4.92. The van der Waals surface area contributed by atoms with Gasteiger partial charge in [-0.25, -0.2) is 0 Å². The lowest BCUT2D eigenvalue weighted by molar-refractivity contribution is 0.176. The third-order valence-corrected chi connectivity index (χ3v) is 6.28. The highest BCUT2D eigenvalue weighted by molar-refractivity contribution is 6.31. The van der Waals surface area contributed by atoms with Gasteiger partial charge in [0.2, 0.25) is 0 Å². The Labute approximate surface area is 188 Å². The van der Waals surface area contributed by atoms with Crippen LogP contribution >= 0.6 is 48.8 Å². The van der Waals surface area contributed by atoms with Gasteiger partial charge < -0.3 is 15.5 Å². The molecule has 1 aliphatic carbocycles. The van der Waals surface area contributed by atoms with Crippen molar-refractivity contribution in [3.8, 4) is 0 Å². The third-order valence-electron chi connectivity index (χ3n) is 5.95. The second-order valence-corrected chi connectivity index (χ2v) is 7.76. The average Bonchev–Trinajstić information content (AvgIpc) is 3.13. The second-order valence-electron chi connectivity index (χ2n) is 7.36. The maximum Gasteiger partial charge on any atom is 0.0602 e. The fourth-order valence-electron chi connectivity index (χ4n) is 4.61. The second kappa shape index (κ2) is 13.5. The molecule has 7 heteroatoms. The Bertz CT molecular complexity index is 526. The highest BCUT2D eigenvalue weighted by atomic mass is 35.5. The summed E-state index contributed by atoms with van der Waals surface area (Å²) in [5.41, 5.74) is 1.22. The number of benzene rings is 1. The van der Waals surface area contributed by atoms with E-state index >= 15 is 0 Å². The number of hydrogen-bond acceptors (Lipinski definition) is 3. The first-order valence-corrected chi connectivity index (χ1v) is 10.0. The zero-order valence-corrected chi connectivity index (χ0v) is 19.4. The Morgan fingerprint density at radius 1 is 1.07 bits per heavy atom. The van der Waals surface area contributed by atoms with Crippen molar-refractivity contribution in [2.24, 2.45) is 0 Å². The normalized spacial score (nSPS) is 25.2. The number of nitrogens with one attached hydrogen (secondary N) is 2. The molecule has 1 aromatic rings. The van der Waals surface area contributed by atoms with Gasteiger partial charge in [-0.3, -0.25) is 0 Å². The zero-order chi connectivity index (χ0) is 16.8. The molecule has 27 heavy (non-hydrogen) atoms. The number of hydrogen-bond donors (Lipinski definition) is 2. The molecule has 1 saturated carbocycles. The van der Waals surface area contributed by atoms with Crippen molar-refractivity contribution < 1.29 is 0 Å². The van der Waals surface area contributed by atoms with E-state index in [0.717, 1.165) is 18.0 Å². The van der Waals surface area contributed by atoms with Crippen molar-refractivity contribution in [3.05, 3.63) is 34.9 Å². The number of halogens is 4. The van der Waals surface area contributed by atoms with Crippen molar-refractivity contribution >= 4 is 48.8 Å². The maximum atomic E-state index is 6.56. The maximum absolute atomic E-state index is 6.56. The Hall–Kier alpha value is 0.260. The van der Waals surface area contributed by atoms with E-state index in [4.69, 9.17) is 11.6 Å². The van der Waals surface area contributed by atoms with Crippen molar-refractivity contribution in [2.45, 2.75) is 56.5 Å². The molecule has 0 radical (unpaired) electrons. The number of likely N-dealkylation sites (N-methyl/N-ethyl adjacent to an activating group) is 1. The van der Waals surface area contributed by atoms with Gasteiger partial charge in [0, 0.05) is 11.1 Å². The summed E-state index contributed by atoms with van der Waals surface area (Å²) in [4.78, 5) is 2.60. The van der Waals surface area contributed by atoms with E-state index in [2.05, 4.69) is 34.7 Å². The van der Waals surface area contributed by atoms with Crippen LogP contribution in [0.5, 0.6) is 0 Å². The summed E-state index contributed by atoms with van der Waals surface area (Å²) >= 11 is 6.56. The molecule has 0 bridgehead atoms. The number of nitrogens with zero attached hydrogens (tertiary/aromatic N) is 1. The molecule has 2 aliphatic rings. The molecule has 3 nitrogen and oxygen atoms in total. The van der Waals surface area contributed by atoms with Crippen molar-refractivity contribution in [1.82, 2.24) is 15.5 Å². The Kier molecular flexibility index (Phi) is 13.6. The zero-order valence-electron chi connectivity index (χ0n) is 16.2. The van der Waals surface area contributed by atoms with Gasteiger partial charge in [-0.2, -0.15) is 0 Å². The molecular formula is C20H35Cl4N3. The van der Waals surface area contributed by atoms with Gasteiger partial charge in [0.25, 0.3) is 0 Å². The predicted molar refractivity (Wildman–Crippen MR) is 124 cm³/mol. The number of rotatable bonds is 7. The lowest BCUT2D eigenvalue weighted by Gasteiger charge is -2.45. The monoisotopic (exact) mass is 457 g/mol. The Morgan fingerprint density at radius 3 is 2.44 bits per heavy atom. The van der Waals surface area contributed by atoms with Gasteiger partial charge in [0.15, 0.2) is 0 Å². The first kappa shape index (κ1) is 27.3. The van der Waals surface area contributed by atoms with Crippen molar-refractivity contribution in [1.29, 1.82) is 0 Å². The minimum atomic E-state index is -0.0375. The van der Waals surface area contributed by atoms with Gasteiger partial charge in [0.05, 0.1) is 5.54 Å². The molecule has 1 heterocycles. The molecule has 2 fully saturated rings. The topological polar surface area (TPSA) is 27.3 Å². The van der Waals surface area contributed by atoms with Crippen LogP contribution in [0.4, 0.5) is 0 Å². The summed E-state index contributed by atoms with van der Waals surface area (Å²) in [5.74, 6) is 0. The Balaban J connectivity index is 0.00000225. The smallest absolute Gasteiger partial charge is 0.0602 e. The molecule has 2 N–H and O–H groups in total. The van der Waals surface area contributed by atoms with Gasteiger partial charge in [-0.15, -0.1) is 37.2 Å². The van der Waals surface area contributed by atoms with E-state index in [1.165, 1.54) is 63.7 Å². The average molecular weight is 459 g/mol. The molecule has 0 spiro atoms. The standard InChI is InChI=1S/C20H32ClN3.3ClH/c1-22-20(17-9-2-3-10-18(17)21)12-5-4-11-19(20)23-13-8-16-24-14-6-7-15-24;;;/h2-3,9-10,19,22-23H,4-8,11-16H2,1H3;3*1H/t19-,20+;;;/m1.../s1. The van der Waals surface area contributed by atoms with Crippen LogP contribution in [-0.2, 0) is 5.54 Å². The highest BCUT2D eigenvalue weighted by Crippen LogP contribution is 2.40. The minimum Gasteiger partial charge on any atom is -0.312 e. The van der Waals surface area contributed by atoms with Gasteiger partial charge in [-0.05, 0) is 77.0 Å². The van der Waals surface area contributed by atoms with Crippen LogP contribution in [-0.4, -0.2) is 44.2 Å². The van der Waals surface area contributed by atoms with Gasteiger partial charge in [-0.1, -0.05) is 42.6 Å². The van der Waals surface area contributed by atoms with E-state index in [9.17, 15) is 0 Å². The molecule has 1 aliphatic heterocycles. The molecule has 2 atom stereocenters. The molecule has 3 rings (SSSR count). The van der Waals surface area contributed by atoms with Crippen LogP contribution in [0.3, 0.4) is 0 Å². The predicted octanol–water partition coefficient (Wildman–Crippen LogP) is 5.04. The molecule has 158 valence electrons. The van der Waals surface area contributed by atoms with Crippen molar-refractivity contribution in [3.63, 3.8) is 0 Å². The first-order valence-electron chi connectivity index (χ1n) is 9.66. The SMILES string of the molecule is CN[C@]1(c2ccccc2Cl)CCCC[C@H]1NCCCN1CCCC1.Cl.Cl.Cl. The third kappa shape index (κ3) is 6.64. The number of likely N-dealkylation sites (tertiary alicyclic amines) is 1. The molecule has 1 saturated heterocycles. The quantitative estimate of drug-likeness (QED) is 0.560. The summed E-state index contributed by atoms with van der Waals surface area (Å²) in [5, 5.41) is 8.40. The van der Waals surface area contributed by atoms with Crippen LogP contribution in [0.2, 0.25) is 5.02 Å². The molecule has 0 aromatic heterocycles. The van der Waals surface area contributed by atoms with E-state index in [-0.39, 0.29) is 42.8 Å². The fraction of sp³-hybridized carbons (Fsp3) is 0.700. The van der Waals surface area contributed by atoms with Crippen molar-refractivity contribution in [2.75, 3.05) is 33.2 Å². The summed E-state index contributed by atoms with van der Waals surface area (Å²) in [6.07, 6.45) is 8.93. The molecule has 0 amide bonds. The largest absolute Gasteiger partial charge is 0.312 e. The lowest BCUT2D eigenvalue weighted by Crippen LogP contribution is -2.58. The van der Waals surface area contributed by atoms with Gasteiger partial charge in [0.1, 0.15) is 0 Å². The molecule has 0 unspecified atom stereocenters. The molecular weight excluding hydrogens is 424 g/mol. The van der Waals surface area contributed by atoms with E-state index in [1.54, 1.807) is 0 Å². The summed E-state index contributed by atoms with van der Waals surface area (Å²) in [7, 11) is 2.09. The summed E-state index contributed by atoms with van der Waals surface area (Å²) < 4.78 is 0. The van der Waals surface area contributed by atoms with E-state index in [0.29, 0.717) is 6.04 Å². The molecule has 1 aromatic carbocycles. The summed E-state index contributed by atoms with van der Waals surface area (Å²) in [6, 6.07) is 8.81. The van der Waals surface area contributed by atoms with Crippen LogP contribution < -0.4 is 10.6 Å². The van der Waals surface area contributed by atoms with Gasteiger partial charge >= 0.3 is 0 Å². The van der Waals surface area contributed by atoms with Crippen LogP contribution in [0.1, 0.15) is 50.5 Å². The van der Waals surface area contributed by atoms with Crippen LogP contribution in [0.15, 0.2) is 24.3 Å². The Morgan fingerprint density at radius 2 is 1.78 bits per heavy atom. The van der Waals surface area contributed by atoms with Crippen LogP contribution in [0, 0.1) is 0 Å². The van der Waals surface area contributed by atoms with E-state index in [1.807, 2.05) is 12.1 Å².